The largest absolute Gasteiger partial charge is 0.357 e. The van der Waals surface area contributed by atoms with E-state index in [-0.39, 0.29) is 5.56 Å². The highest BCUT2D eigenvalue weighted by molar-refractivity contribution is 7.99. The molecule has 0 aromatic carbocycles. The summed E-state index contributed by atoms with van der Waals surface area (Å²) in [6, 6.07) is 1.44. The summed E-state index contributed by atoms with van der Waals surface area (Å²) in [5.41, 5.74) is 1.09. The van der Waals surface area contributed by atoms with Crippen LogP contribution in [0.15, 0.2) is 27.2 Å². The highest BCUT2D eigenvalue weighted by Gasteiger charge is 2.12. The molecule has 102 valence electrons. The topological polar surface area (TPSA) is 112 Å². The zero-order valence-electron chi connectivity index (χ0n) is 10.8. The number of aromatic nitrogens is 6. The quantitative estimate of drug-likeness (QED) is 0.486. The van der Waals surface area contributed by atoms with Gasteiger partial charge in [-0.05, 0) is 18.7 Å². The summed E-state index contributed by atoms with van der Waals surface area (Å²) in [6.45, 7) is 1.77. The maximum absolute atomic E-state index is 11.5. The zero-order chi connectivity index (χ0) is 14.1. The molecule has 0 aliphatic heterocycles. The van der Waals surface area contributed by atoms with Gasteiger partial charge < -0.3 is 10.3 Å². The Bertz CT molecular complexity index is 825. The van der Waals surface area contributed by atoms with Crippen LogP contribution in [0.5, 0.6) is 0 Å². The second-order valence-electron chi connectivity index (χ2n) is 4.03. The Kier molecular flexibility index (Phi) is 3.11. The van der Waals surface area contributed by atoms with Gasteiger partial charge in [0.05, 0.1) is 11.6 Å². The van der Waals surface area contributed by atoms with E-state index in [9.17, 15) is 4.79 Å². The third-order valence-electron chi connectivity index (χ3n) is 2.54. The van der Waals surface area contributed by atoms with Crippen LogP contribution < -0.4 is 10.9 Å². The lowest BCUT2D eigenvalue weighted by Gasteiger charge is -2.04. The van der Waals surface area contributed by atoms with Gasteiger partial charge in [0.25, 0.3) is 5.56 Å². The molecule has 3 N–H and O–H groups in total. The molecule has 3 rings (SSSR count). The number of aryl methyl sites for hydroxylation is 1. The highest BCUT2D eigenvalue weighted by atomic mass is 32.2. The van der Waals surface area contributed by atoms with Gasteiger partial charge in [-0.1, -0.05) is 0 Å². The number of H-pyrrole nitrogens is 2. The van der Waals surface area contributed by atoms with Crippen LogP contribution in [0.3, 0.4) is 0 Å². The molecule has 3 heterocycles. The summed E-state index contributed by atoms with van der Waals surface area (Å²) < 4.78 is 0. The van der Waals surface area contributed by atoms with Crippen LogP contribution in [0, 0.1) is 6.92 Å². The van der Waals surface area contributed by atoms with Gasteiger partial charge in [-0.25, -0.2) is 9.97 Å². The van der Waals surface area contributed by atoms with Gasteiger partial charge in [-0.3, -0.25) is 9.89 Å². The Hall–Kier alpha value is -2.42. The van der Waals surface area contributed by atoms with Crippen LogP contribution in [0.2, 0.25) is 0 Å². The first-order chi connectivity index (χ1) is 9.65. The average molecular weight is 289 g/mol. The summed E-state index contributed by atoms with van der Waals surface area (Å²) >= 11 is 1.26. The van der Waals surface area contributed by atoms with Gasteiger partial charge in [-0.2, -0.15) is 10.1 Å². The van der Waals surface area contributed by atoms with Crippen LogP contribution in [0.4, 0.5) is 5.95 Å². The Morgan fingerprint density at radius 3 is 2.90 bits per heavy atom. The van der Waals surface area contributed by atoms with Crippen molar-refractivity contribution in [1.29, 1.82) is 0 Å². The fourth-order valence-corrected chi connectivity index (χ4v) is 2.61. The molecule has 8 nitrogen and oxygen atoms in total. The molecule has 9 heteroatoms. The molecule has 0 aliphatic carbocycles. The van der Waals surface area contributed by atoms with Crippen LogP contribution in [0.25, 0.3) is 11.0 Å². The van der Waals surface area contributed by atoms with Crippen molar-refractivity contribution in [2.75, 3.05) is 12.4 Å². The first-order valence-electron chi connectivity index (χ1n) is 5.80. The standard InChI is InChI=1S/C11H11N7OS/c1-5-3-7(19)15-11(14-5)20-9-6-4-13-18-8(6)16-10(12-2)17-9/h3-4H,1-2H3,(H,14,15,19)(H2,12,13,16,17,18). The summed E-state index contributed by atoms with van der Waals surface area (Å²) in [5, 5.41) is 11.6. The second-order valence-corrected chi connectivity index (χ2v) is 5.01. The number of hydrogen-bond acceptors (Lipinski definition) is 7. The molecule has 0 amide bonds. The van der Waals surface area contributed by atoms with Crippen LogP contribution in [-0.2, 0) is 0 Å². The van der Waals surface area contributed by atoms with E-state index in [1.165, 1.54) is 17.8 Å². The average Bonchev–Trinajstić information content (AvgIpc) is 2.85. The minimum Gasteiger partial charge on any atom is -0.357 e. The number of hydrogen-bond donors (Lipinski definition) is 3. The van der Waals surface area contributed by atoms with Crippen molar-refractivity contribution in [3.63, 3.8) is 0 Å². The van der Waals surface area contributed by atoms with Crippen LogP contribution in [0.1, 0.15) is 5.69 Å². The van der Waals surface area contributed by atoms with E-state index < -0.39 is 0 Å². The molecular formula is C11H11N7OS. The van der Waals surface area contributed by atoms with Crippen molar-refractivity contribution >= 4 is 28.7 Å². The highest BCUT2D eigenvalue weighted by Crippen LogP contribution is 2.28. The smallest absolute Gasteiger partial charge is 0.251 e. The third kappa shape index (κ3) is 2.35. The van der Waals surface area contributed by atoms with Crippen molar-refractivity contribution in [3.8, 4) is 0 Å². The first-order valence-corrected chi connectivity index (χ1v) is 6.62. The second kappa shape index (κ2) is 4.93. The summed E-state index contributed by atoms with van der Waals surface area (Å²) in [5.74, 6) is 0.472. The van der Waals surface area contributed by atoms with Crippen molar-refractivity contribution in [3.05, 3.63) is 28.3 Å². The minimum absolute atomic E-state index is 0.189. The monoisotopic (exact) mass is 289 g/mol. The van der Waals surface area contributed by atoms with Crippen molar-refractivity contribution in [1.82, 2.24) is 30.1 Å². The summed E-state index contributed by atoms with van der Waals surface area (Å²) in [4.78, 5) is 27.0. The lowest BCUT2D eigenvalue weighted by molar-refractivity contribution is 0.902. The maximum Gasteiger partial charge on any atom is 0.251 e. The van der Waals surface area contributed by atoms with Gasteiger partial charge >= 0.3 is 0 Å². The SMILES string of the molecule is CNc1nc(Sc2nc(C)cc(=O)[nH]2)c2cn[nH]c2n1. The number of anilines is 1. The van der Waals surface area contributed by atoms with Gasteiger partial charge in [0, 0.05) is 18.8 Å². The molecule has 20 heavy (non-hydrogen) atoms. The van der Waals surface area contributed by atoms with E-state index >= 15 is 0 Å². The molecule has 0 radical (unpaired) electrons. The molecule has 0 unspecified atom stereocenters. The Balaban J connectivity index is 2.09. The van der Waals surface area contributed by atoms with E-state index in [0.717, 1.165) is 5.39 Å². The fourth-order valence-electron chi connectivity index (χ4n) is 1.69. The molecule has 0 aliphatic rings. The van der Waals surface area contributed by atoms with E-state index in [1.54, 1.807) is 20.2 Å². The Labute approximate surface area is 117 Å². The molecule has 0 saturated heterocycles. The molecule has 0 bridgehead atoms. The summed E-state index contributed by atoms with van der Waals surface area (Å²) in [6.07, 6.45) is 1.64. The number of rotatable bonds is 3. The van der Waals surface area contributed by atoms with Crippen molar-refractivity contribution < 1.29 is 0 Å². The number of nitrogens with one attached hydrogen (secondary N) is 3. The predicted molar refractivity (Wildman–Crippen MR) is 74.9 cm³/mol. The zero-order valence-corrected chi connectivity index (χ0v) is 11.6. The predicted octanol–water partition coefficient (Wildman–Crippen LogP) is 0.938. The molecule has 0 atom stereocenters. The minimum atomic E-state index is -0.189. The normalized spacial score (nSPS) is 10.9. The molecule has 3 aromatic rings. The lowest BCUT2D eigenvalue weighted by Crippen LogP contribution is -2.08. The fraction of sp³-hybridized carbons (Fsp3) is 0.182. The van der Waals surface area contributed by atoms with Crippen LogP contribution >= 0.6 is 11.8 Å². The Morgan fingerprint density at radius 2 is 2.15 bits per heavy atom. The molecule has 0 spiro atoms. The number of nitrogens with zero attached hydrogens (tertiary/aromatic N) is 4. The first kappa shape index (κ1) is 12.6. The molecule has 0 fully saturated rings. The van der Waals surface area contributed by atoms with E-state index in [4.69, 9.17) is 0 Å². The molecule has 3 aromatic heterocycles. The number of fused-ring (bicyclic) bond motifs is 1. The van der Waals surface area contributed by atoms with Gasteiger partial charge in [0.2, 0.25) is 5.95 Å². The molecule has 0 saturated carbocycles. The van der Waals surface area contributed by atoms with E-state index in [0.29, 0.717) is 27.5 Å². The van der Waals surface area contributed by atoms with Crippen molar-refractivity contribution in [2.45, 2.75) is 17.1 Å². The lowest BCUT2D eigenvalue weighted by atomic mass is 10.4. The van der Waals surface area contributed by atoms with Gasteiger partial charge in [-0.15, -0.1) is 0 Å². The van der Waals surface area contributed by atoms with Crippen molar-refractivity contribution in [2.24, 2.45) is 0 Å². The third-order valence-corrected chi connectivity index (χ3v) is 3.43. The Morgan fingerprint density at radius 1 is 1.30 bits per heavy atom. The van der Waals surface area contributed by atoms with Gasteiger partial charge in [0.1, 0.15) is 5.03 Å². The van der Waals surface area contributed by atoms with Crippen LogP contribution in [-0.4, -0.2) is 37.2 Å². The van der Waals surface area contributed by atoms with E-state index in [2.05, 4.69) is 35.5 Å². The summed E-state index contributed by atoms with van der Waals surface area (Å²) in [7, 11) is 1.73. The molecular weight excluding hydrogens is 278 g/mol. The maximum atomic E-state index is 11.5. The van der Waals surface area contributed by atoms with Gasteiger partial charge in [0.15, 0.2) is 10.8 Å². The van der Waals surface area contributed by atoms with E-state index in [1.807, 2.05) is 0 Å². The number of aromatic amines is 2.